The highest BCUT2D eigenvalue weighted by Gasteiger charge is 2.08. The molecule has 0 aliphatic rings. The number of esters is 1. The van der Waals surface area contributed by atoms with Crippen molar-refractivity contribution in [2.75, 3.05) is 6.61 Å². The minimum Gasteiger partial charge on any atom is -0.463 e. The fraction of sp³-hybridized carbons (Fsp3) is 0.250. The van der Waals surface area contributed by atoms with Gasteiger partial charge in [-0.3, -0.25) is 0 Å². The molecule has 1 aromatic carbocycles. The Morgan fingerprint density at radius 2 is 2.24 bits per heavy atom. The summed E-state index contributed by atoms with van der Waals surface area (Å²) >= 11 is 5.59. The lowest BCUT2D eigenvalue weighted by Gasteiger charge is -2.07. The summed E-state index contributed by atoms with van der Waals surface area (Å²) in [4.78, 5) is 11.1. The summed E-state index contributed by atoms with van der Waals surface area (Å²) < 4.78 is 23.3. The molecule has 0 saturated carbocycles. The Morgan fingerprint density at radius 3 is 2.88 bits per heavy atom. The fourth-order valence-corrected chi connectivity index (χ4v) is 1.28. The van der Waals surface area contributed by atoms with Crippen LogP contribution in [0.2, 0.25) is 5.02 Å². The third kappa shape index (κ3) is 4.07. The minimum absolute atomic E-state index is 0.0319. The van der Waals surface area contributed by atoms with E-state index in [4.69, 9.17) is 16.3 Å². The monoisotopic (exact) mass is 258 g/mol. The Balaban J connectivity index is 2.77. The first-order valence-electron chi connectivity index (χ1n) is 5.01. The molecule has 0 radical (unpaired) electrons. The lowest BCUT2D eigenvalue weighted by Crippen LogP contribution is -2.03. The fourth-order valence-electron chi connectivity index (χ4n) is 1.12. The highest BCUT2D eigenvalue weighted by atomic mass is 35.5. The third-order valence-electron chi connectivity index (χ3n) is 1.79. The van der Waals surface area contributed by atoms with E-state index in [1.165, 1.54) is 19.1 Å². The molecule has 1 rings (SSSR count). The number of ether oxygens (including phenoxy) is 2. The second-order valence-corrected chi connectivity index (χ2v) is 3.57. The Kier molecular flexibility index (Phi) is 4.97. The lowest BCUT2D eigenvalue weighted by molar-refractivity contribution is -0.137. The van der Waals surface area contributed by atoms with Crippen molar-refractivity contribution in [3.05, 3.63) is 40.9 Å². The van der Waals surface area contributed by atoms with E-state index in [0.29, 0.717) is 0 Å². The molecule has 17 heavy (non-hydrogen) atoms. The molecule has 0 heterocycles. The van der Waals surface area contributed by atoms with Crippen LogP contribution >= 0.6 is 11.6 Å². The minimum atomic E-state index is -0.661. The van der Waals surface area contributed by atoms with Gasteiger partial charge >= 0.3 is 5.97 Å². The predicted octanol–water partition coefficient (Wildman–Crippen LogP) is 3.32. The first-order chi connectivity index (χ1) is 8.04. The predicted molar refractivity (Wildman–Crippen MR) is 62.4 cm³/mol. The summed E-state index contributed by atoms with van der Waals surface area (Å²) in [6, 6.07) is 4.39. The van der Waals surface area contributed by atoms with E-state index in [2.05, 4.69) is 4.74 Å². The van der Waals surface area contributed by atoms with Gasteiger partial charge < -0.3 is 9.47 Å². The van der Waals surface area contributed by atoms with Crippen molar-refractivity contribution in [1.29, 1.82) is 0 Å². The summed E-state index contributed by atoms with van der Waals surface area (Å²) in [6.07, 6.45) is 1.14. The molecular formula is C12H12ClFO3. The van der Waals surface area contributed by atoms with E-state index in [-0.39, 0.29) is 23.1 Å². The number of hydrogen-bond acceptors (Lipinski definition) is 3. The SMILES string of the molecule is CCOC(=O)/C=C(\C)Oc1cccc(Cl)c1F. The number of carbonyl (C=O) groups is 1. The van der Waals surface area contributed by atoms with Gasteiger partial charge in [0.05, 0.1) is 17.7 Å². The Hall–Kier alpha value is -1.55. The molecule has 5 heteroatoms. The molecule has 0 spiro atoms. The second kappa shape index (κ2) is 6.25. The van der Waals surface area contributed by atoms with Gasteiger partial charge in [-0.1, -0.05) is 17.7 Å². The van der Waals surface area contributed by atoms with E-state index in [1.54, 1.807) is 13.0 Å². The van der Waals surface area contributed by atoms with Crippen LogP contribution in [0.1, 0.15) is 13.8 Å². The number of rotatable bonds is 4. The van der Waals surface area contributed by atoms with Crippen molar-refractivity contribution in [2.24, 2.45) is 0 Å². The van der Waals surface area contributed by atoms with Gasteiger partial charge in [0.25, 0.3) is 0 Å². The number of hydrogen-bond donors (Lipinski definition) is 0. The summed E-state index contributed by atoms with van der Waals surface area (Å²) in [7, 11) is 0. The molecule has 1 aromatic rings. The smallest absolute Gasteiger partial charge is 0.334 e. The van der Waals surface area contributed by atoms with Gasteiger partial charge in [0, 0.05) is 0 Å². The average Bonchev–Trinajstić information content (AvgIpc) is 2.25. The lowest BCUT2D eigenvalue weighted by atomic mass is 10.3. The molecule has 0 atom stereocenters. The van der Waals surface area contributed by atoms with Gasteiger partial charge in [0.1, 0.15) is 5.76 Å². The molecule has 0 saturated heterocycles. The molecule has 0 aliphatic carbocycles. The van der Waals surface area contributed by atoms with Crippen molar-refractivity contribution in [1.82, 2.24) is 0 Å². The zero-order valence-electron chi connectivity index (χ0n) is 9.50. The molecule has 0 unspecified atom stereocenters. The number of carbonyl (C=O) groups excluding carboxylic acids is 1. The zero-order chi connectivity index (χ0) is 12.8. The Bertz CT molecular complexity index is 443. The molecule has 92 valence electrons. The van der Waals surface area contributed by atoms with Crippen molar-refractivity contribution >= 4 is 17.6 Å². The molecule has 0 aliphatic heterocycles. The van der Waals surface area contributed by atoms with Crippen molar-refractivity contribution < 1.29 is 18.7 Å². The quantitative estimate of drug-likeness (QED) is 0.472. The van der Waals surface area contributed by atoms with Gasteiger partial charge in [-0.05, 0) is 26.0 Å². The van der Waals surface area contributed by atoms with Gasteiger partial charge in [-0.25, -0.2) is 9.18 Å². The summed E-state index contributed by atoms with van der Waals surface area (Å²) in [6.45, 7) is 3.49. The largest absolute Gasteiger partial charge is 0.463 e. The van der Waals surface area contributed by atoms with Gasteiger partial charge in [-0.2, -0.15) is 0 Å². The summed E-state index contributed by atoms with van der Waals surface area (Å²) in [5.41, 5.74) is 0. The zero-order valence-corrected chi connectivity index (χ0v) is 10.3. The second-order valence-electron chi connectivity index (χ2n) is 3.16. The highest BCUT2D eigenvalue weighted by Crippen LogP contribution is 2.25. The van der Waals surface area contributed by atoms with Gasteiger partial charge in [-0.15, -0.1) is 0 Å². The molecule has 0 aromatic heterocycles. The number of benzene rings is 1. The van der Waals surface area contributed by atoms with Crippen molar-refractivity contribution in [2.45, 2.75) is 13.8 Å². The normalized spacial score (nSPS) is 11.2. The maximum absolute atomic E-state index is 13.4. The average molecular weight is 259 g/mol. The maximum Gasteiger partial charge on any atom is 0.334 e. The van der Waals surface area contributed by atoms with Gasteiger partial charge in [0.15, 0.2) is 11.6 Å². The summed E-state index contributed by atoms with van der Waals surface area (Å²) in [5.74, 6) is -1.00. The maximum atomic E-state index is 13.4. The van der Waals surface area contributed by atoms with Crippen LogP contribution in [-0.4, -0.2) is 12.6 Å². The van der Waals surface area contributed by atoms with Crippen LogP contribution < -0.4 is 4.74 Å². The third-order valence-corrected chi connectivity index (χ3v) is 2.09. The van der Waals surface area contributed by atoms with E-state index in [9.17, 15) is 9.18 Å². The van der Waals surface area contributed by atoms with Crippen molar-refractivity contribution in [3.63, 3.8) is 0 Å². The molecular weight excluding hydrogens is 247 g/mol. The van der Waals surface area contributed by atoms with E-state index < -0.39 is 11.8 Å². The van der Waals surface area contributed by atoms with Crippen LogP contribution in [0.15, 0.2) is 30.0 Å². The highest BCUT2D eigenvalue weighted by molar-refractivity contribution is 6.30. The van der Waals surface area contributed by atoms with Crippen LogP contribution in [0.4, 0.5) is 4.39 Å². The number of allylic oxidation sites excluding steroid dienone is 1. The van der Waals surface area contributed by atoms with Crippen LogP contribution in [-0.2, 0) is 9.53 Å². The topological polar surface area (TPSA) is 35.5 Å². The van der Waals surface area contributed by atoms with Crippen molar-refractivity contribution in [3.8, 4) is 5.75 Å². The van der Waals surface area contributed by atoms with Crippen LogP contribution in [0.3, 0.4) is 0 Å². The van der Waals surface area contributed by atoms with Crippen LogP contribution in [0, 0.1) is 5.82 Å². The molecule has 0 N–H and O–H groups in total. The Morgan fingerprint density at radius 1 is 1.53 bits per heavy atom. The number of halogens is 2. The van der Waals surface area contributed by atoms with E-state index in [1.807, 2.05) is 0 Å². The van der Waals surface area contributed by atoms with Gasteiger partial charge in [0.2, 0.25) is 0 Å². The standard InChI is InChI=1S/C12H12ClFO3/c1-3-16-11(15)7-8(2)17-10-6-4-5-9(13)12(10)14/h4-7H,3H2,1-2H3/b8-7+. The first kappa shape index (κ1) is 13.5. The molecule has 0 bridgehead atoms. The Labute approximate surface area is 104 Å². The van der Waals surface area contributed by atoms with Crippen LogP contribution in [0.25, 0.3) is 0 Å². The van der Waals surface area contributed by atoms with E-state index >= 15 is 0 Å². The molecule has 0 amide bonds. The first-order valence-corrected chi connectivity index (χ1v) is 5.39. The van der Waals surface area contributed by atoms with Crippen LogP contribution in [0.5, 0.6) is 5.75 Å². The molecule has 3 nitrogen and oxygen atoms in total. The molecule has 0 fully saturated rings. The summed E-state index contributed by atoms with van der Waals surface area (Å²) in [5, 5.41) is -0.0357. The van der Waals surface area contributed by atoms with E-state index in [0.717, 1.165) is 6.08 Å².